The Kier molecular flexibility index (Phi) is 5.81. The van der Waals surface area contributed by atoms with E-state index in [1.165, 1.54) is 16.9 Å². The summed E-state index contributed by atoms with van der Waals surface area (Å²) < 4.78 is 61.9. The van der Waals surface area contributed by atoms with Gasteiger partial charge in [-0.3, -0.25) is 0 Å². The van der Waals surface area contributed by atoms with Crippen molar-refractivity contribution in [1.82, 2.24) is 24.9 Å². The molecule has 0 bridgehead atoms. The van der Waals surface area contributed by atoms with Gasteiger partial charge in [0.1, 0.15) is 0 Å². The van der Waals surface area contributed by atoms with Crippen LogP contribution in [0.1, 0.15) is 5.56 Å². The van der Waals surface area contributed by atoms with Crippen molar-refractivity contribution >= 4 is 21.6 Å². The van der Waals surface area contributed by atoms with Crippen molar-refractivity contribution < 1.29 is 21.6 Å². The van der Waals surface area contributed by atoms with Gasteiger partial charge in [0, 0.05) is 23.5 Å². The fourth-order valence-electron chi connectivity index (χ4n) is 2.42. The summed E-state index contributed by atoms with van der Waals surface area (Å²) in [7, 11) is -3.81. The Labute approximate surface area is 163 Å². The summed E-state index contributed by atoms with van der Waals surface area (Å²) in [5, 5.41) is 19.8. The molecule has 0 aliphatic heterocycles. The molecule has 0 saturated carbocycles. The van der Waals surface area contributed by atoms with Crippen LogP contribution < -0.4 is 15.2 Å². The zero-order valence-electron chi connectivity index (χ0n) is 14.8. The largest absolute Gasteiger partial charge is 0.416 e. The Bertz CT molecular complexity index is 1080. The molecule has 0 amide bonds. The highest BCUT2D eigenvalue weighted by atomic mass is 32.2. The van der Waals surface area contributed by atoms with Crippen LogP contribution in [0.4, 0.5) is 24.5 Å². The number of alkyl halides is 3. The Hall–Kier alpha value is -3.03. The van der Waals surface area contributed by atoms with Crippen LogP contribution >= 0.6 is 0 Å². The molecule has 2 aromatic carbocycles. The number of nitrogens with one attached hydrogen (secondary N) is 2. The number of aromatic nitrogens is 4. The van der Waals surface area contributed by atoms with Gasteiger partial charge in [-0.05, 0) is 41.6 Å². The van der Waals surface area contributed by atoms with E-state index in [1.54, 1.807) is 24.3 Å². The van der Waals surface area contributed by atoms with Crippen molar-refractivity contribution in [2.45, 2.75) is 12.7 Å². The van der Waals surface area contributed by atoms with E-state index in [4.69, 9.17) is 5.14 Å². The summed E-state index contributed by atoms with van der Waals surface area (Å²) in [5.74, 6) is 0.260. The minimum atomic E-state index is -4.41. The maximum absolute atomic E-state index is 12.7. The van der Waals surface area contributed by atoms with E-state index in [2.05, 4.69) is 25.4 Å². The van der Waals surface area contributed by atoms with Crippen LogP contribution in [0.15, 0.2) is 48.5 Å². The zero-order valence-corrected chi connectivity index (χ0v) is 15.6. The van der Waals surface area contributed by atoms with Crippen LogP contribution in [0.2, 0.25) is 0 Å². The van der Waals surface area contributed by atoms with Gasteiger partial charge in [-0.25, -0.2) is 9.86 Å². The highest BCUT2D eigenvalue weighted by Gasteiger charge is 2.29. The number of hydrogen-bond acceptors (Lipinski definition) is 6. The van der Waals surface area contributed by atoms with Crippen molar-refractivity contribution in [3.8, 4) is 11.4 Å². The number of tetrazole rings is 1. The second kappa shape index (κ2) is 8.14. The molecule has 0 spiro atoms. The Balaban J connectivity index is 1.76. The molecule has 29 heavy (non-hydrogen) atoms. The van der Waals surface area contributed by atoms with Crippen molar-refractivity contribution in [1.29, 1.82) is 0 Å². The SMILES string of the molecule is NS(=O)(=O)NCCn1nnc(-c2ccccc2Nc2ccc(C(F)(F)F)cc2)n1. The Morgan fingerprint density at radius 3 is 2.41 bits per heavy atom. The van der Waals surface area contributed by atoms with Gasteiger partial charge < -0.3 is 5.32 Å². The maximum Gasteiger partial charge on any atom is 0.416 e. The molecule has 3 aromatic rings. The van der Waals surface area contributed by atoms with Crippen molar-refractivity contribution in [2.75, 3.05) is 11.9 Å². The second-order valence-electron chi connectivity index (χ2n) is 5.89. The van der Waals surface area contributed by atoms with E-state index >= 15 is 0 Å². The minimum absolute atomic E-state index is 0.0138. The molecule has 0 aliphatic rings. The topological polar surface area (TPSA) is 128 Å². The summed E-state index contributed by atoms with van der Waals surface area (Å²) >= 11 is 0. The first-order valence-corrected chi connectivity index (χ1v) is 9.75. The number of nitrogens with zero attached hydrogens (tertiary/aromatic N) is 4. The molecular weight excluding hydrogens is 411 g/mol. The van der Waals surface area contributed by atoms with Crippen LogP contribution in [0.5, 0.6) is 0 Å². The first-order chi connectivity index (χ1) is 13.6. The van der Waals surface area contributed by atoms with Crippen molar-refractivity contribution in [3.63, 3.8) is 0 Å². The van der Waals surface area contributed by atoms with Gasteiger partial charge >= 0.3 is 6.18 Å². The summed E-state index contributed by atoms with van der Waals surface area (Å²) in [6.07, 6.45) is -4.41. The van der Waals surface area contributed by atoms with Gasteiger partial charge in [0.2, 0.25) is 5.82 Å². The van der Waals surface area contributed by atoms with Gasteiger partial charge in [0.05, 0.1) is 12.1 Å². The lowest BCUT2D eigenvalue weighted by Crippen LogP contribution is -2.33. The molecule has 154 valence electrons. The minimum Gasteiger partial charge on any atom is -0.355 e. The van der Waals surface area contributed by atoms with E-state index in [0.29, 0.717) is 16.9 Å². The van der Waals surface area contributed by atoms with Crippen LogP contribution in [0, 0.1) is 0 Å². The quantitative estimate of drug-likeness (QED) is 0.528. The number of anilines is 2. The molecular formula is C16H16F3N7O2S. The fraction of sp³-hybridized carbons (Fsp3) is 0.188. The van der Waals surface area contributed by atoms with Gasteiger partial charge in [0.15, 0.2) is 0 Å². The molecule has 0 saturated heterocycles. The summed E-state index contributed by atoms with van der Waals surface area (Å²) in [5.41, 5.74) is 0.844. The predicted molar refractivity (Wildman–Crippen MR) is 99.1 cm³/mol. The third-order valence-electron chi connectivity index (χ3n) is 3.73. The highest BCUT2D eigenvalue weighted by molar-refractivity contribution is 7.87. The third-order valence-corrected chi connectivity index (χ3v) is 4.33. The smallest absolute Gasteiger partial charge is 0.355 e. The van der Waals surface area contributed by atoms with Crippen LogP contribution in [0.25, 0.3) is 11.4 Å². The zero-order chi connectivity index (χ0) is 21.1. The van der Waals surface area contributed by atoms with Crippen LogP contribution in [-0.4, -0.2) is 35.2 Å². The first kappa shape index (κ1) is 20.7. The number of nitrogens with two attached hydrogens (primary N) is 1. The summed E-state index contributed by atoms with van der Waals surface area (Å²) in [6, 6.07) is 11.5. The molecule has 0 fully saturated rings. The summed E-state index contributed by atoms with van der Waals surface area (Å²) in [6.45, 7) is 0.0953. The normalized spacial score (nSPS) is 12.1. The molecule has 13 heteroatoms. The molecule has 0 aliphatic carbocycles. The van der Waals surface area contributed by atoms with E-state index < -0.39 is 21.9 Å². The number of benzene rings is 2. The molecule has 1 aromatic heterocycles. The number of hydrogen-bond donors (Lipinski definition) is 3. The lowest BCUT2D eigenvalue weighted by molar-refractivity contribution is -0.137. The standard InChI is InChI=1S/C16H16F3N7O2S/c17-16(18,19)11-5-7-12(8-6-11)22-14-4-2-1-3-13(14)15-23-25-26(24-15)10-9-21-29(20,27)28/h1-8,21-22H,9-10H2,(H2,20,27,28). The molecule has 0 unspecified atom stereocenters. The molecule has 3 rings (SSSR count). The fourth-order valence-corrected chi connectivity index (χ4v) is 2.79. The average molecular weight is 427 g/mol. The maximum atomic E-state index is 12.7. The van der Waals surface area contributed by atoms with E-state index in [0.717, 1.165) is 12.1 Å². The van der Waals surface area contributed by atoms with E-state index in [1.807, 2.05) is 0 Å². The first-order valence-electron chi connectivity index (χ1n) is 8.21. The number of rotatable bonds is 7. The van der Waals surface area contributed by atoms with Gasteiger partial charge in [-0.2, -0.15) is 26.4 Å². The Morgan fingerprint density at radius 2 is 1.76 bits per heavy atom. The third kappa shape index (κ3) is 5.73. The predicted octanol–water partition coefficient (Wildman–Crippen LogP) is 1.90. The molecule has 1 heterocycles. The second-order valence-corrected chi connectivity index (χ2v) is 7.27. The van der Waals surface area contributed by atoms with Crippen molar-refractivity contribution in [2.24, 2.45) is 5.14 Å². The lowest BCUT2D eigenvalue weighted by atomic mass is 10.1. The van der Waals surface area contributed by atoms with Gasteiger partial charge in [0.25, 0.3) is 10.2 Å². The van der Waals surface area contributed by atoms with Crippen LogP contribution in [-0.2, 0) is 22.9 Å². The average Bonchev–Trinajstić information content (AvgIpc) is 3.09. The van der Waals surface area contributed by atoms with Gasteiger partial charge in [-0.15, -0.1) is 10.2 Å². The highest BCUT2D eigenvalue weighted by Crippen LogP contribution is 2.32. The lowest BCUT2D eigenvalue weighted by Gasteiger charge is -2.11. The van der Waals surface area contributed by atoms with Crippen LogP contribution in [0.3, 0.4) is 0 Å². The number of para-hydroxylation sites is 1. The van der Waals surface area contributed by atoms with Gasteiger partial charge in [-0.1, -0.05) is 12.1 Å². The van der Waals surface area contributed by atoms with Crippen molar-refractivity contribution in [3.05, 3.63) is 54.1 Å². The molecule has 0 atom stereocenters. The Morgan fingerprint density at radius 1 is 1.07 bits per heavy atom. The molecule has 4 N–H and O–H groups in total. The molecule has 0 radical (unpaired) electrons. The van der Waals surface area contributed by atoms with E-state index in [-0.39, 0.29) is 18.9 Å². The number of halogens is 3. The summed E-state index contributed by atoms with van der Waals surface area (Å²) in [4.78, 5) is 1.20. The van der Waals surface area contributed by atoms with E-state index in [9.17, 15) is 21.6 Å². The molecule has 9 nitrogen and oxygen atoms in total. The monoisotopic (exact) mass is 427 g/mol.